The molecule has 18 heavy (non-hydrogen) atoms. The van der Waals surface area contributed by atoms with Crippen LogP contribution in [-0.2, 0) is 16.6 Å². The molecule has 1 spiro atoms. The van der Waals surface area contributed by atoms with Gasteiger partial charge in [0.05, 0.1) is 0 Å². The van der Waals surface area contributed by atoms with Crippen LogP contribution >= 0.6 is 0 Å². The van der Waals surface area contributed by atoms with Gasteiger partial charge in [0.2, 0.25) is 0 Å². The third-order valence-electron chi connectivity index (χ3n) is 4.90. The van der Waals surface area contributed by atoms with Crippen LogP contribution in [0.2, 0.25) is 0 Å². The zero-order chi connectivity index (χ0) is 12.2. The van der Waals surface area contributed by atoms with E-state index in [2.05, 4.69) is 30.1 Å². The van der Waals surface area contributed by atoms with Crippen molar-refractivity contribution < 1.29 is 4.74 Å². The van der Waals surface area contributed by atoms with Crippen molar-refractivity contribution in [3.8, 4) is 0 Å². The van der Waals surface area contributed by atoms with E-state index in [1.807, 2.05) is 0 Å². The van der Waals surface area contributed by atoms with Crippen molar-refractivity contribution in [3.05, 3.63) is 35.0 Å². The predicted octanol–water partition coefficient (Wildman–Crippen LogP) is 3.47. The van der Waals surface area contributed by atoms with Crippen LogP contribution in [0.5, 0.6) is 0 Å². The molecule has 0 unspecified atom stereocenters. The molecule has 0 bridgehead atoms. The molecule has 1 aliphatic carbocycles. The molecule has 2 aromatic rings. The molecule has 4 rings (SSSR count). The van der Waals surface area contributed by atoms with E-state index < -0.39 is 0 Å². The fourth-order valence-electron chi connectivity index (χ4n) is 3.83. The molecule has 1 aromatic carbocycles. The highest BCUT2D eigenvalue weighted by Gasteiger charge is 2.42. The van der Waals surface area contributed by atoms with Crippen LogP contribution in [0, 0.1) is 6.92 Å². The predicted molar refractivity (Wildman–Crippen MR) is 73.1 cm³/mol. The Morgan fingerprint density at radius 1 is 1.17 bits per heavy atom. The van der Waals surface area contributed by atoms with Gasteiger partial charge in [-0.05, 0) is 50.3 Å². The second kappa shape index (κ2) is 3.61. The standard InChI is InChI=1S/C16H19NO/c1-11-2-3-14-13(10-11)12-4-5-16(15(12)17-14)6-8-18-9-7-16/h2-3,10,17H,4-9H2,1H3. The van der Waals surface area contributed by atoms with Crippen molar-refractivity contribution in [2.45, 2.75) is 38.0 Å². The minimum atomic E-state index is 0.389. The van der Waals surface area contributed by atoms with Gasteiger partial charge in [-0.3, -0.25) is 0 Å². The van der Waals surface area contributed by atoms with Crippen LogP contribution in [-0.4, -0.2) is 18.2 Å². The average Bonchev–Trinajstić information content (AvgIpc) is 2.90. The van der Waals surface area contributed by atoms with Gasteiger partial charge in [0.1, 0.15) is 0 Å². The van der Waals surface area contributed by atoms with Crippen molar-refractivity contribution in [1.82, 2.24) is 4.98 Å². The number of nitrogens with one attached hydrogen (secondary N) is 1. The molecule has 1 aliphatic heterocycles. The molecular weight excluding hydrogens is 222 g/mol. The summed E-state index contributed by atoms with van der Waals surface area (Å²) >= 11 is 0. The molecule has 0 radical (unpaired) electrons. The zero-order valence-corrected chi connectivity index (χ0v) is 10.9. The number of benzene rings is 1. The summed E-state index contributed by atoms with van der Waals surface area (Å²) in [7, 11) is 0. The lowest BCUT2D eigenvalue weighted by molar-refractivity contribution is 0.0494. The number of aromatic nitrogens is 1. The molecule has 2 heteroatoms. The van der Waals surface area contributed by atoms with Crippen LogP contribution in [0.3, 0.4) is 0 Å². The van der Waals surface area contributed by atoms with Gasteiger partial charge in [0, 0.05) is 35.2 Å². The average molecular weight is 241 g/mol. The van der Waals surface area contributed by atoms with Crippen molar-refractivity contribution in [3.63, 3.8) is 0 Å². The Morgan fingerprint density at radius 3 is 2.83 bits per heavy atom. The SMILES string of the molecule is Cc1ccc2[nH]c3c(c2c1)CCC31CCOCC1. The monoisotopic (exact) mass is 241 g/mol. The lowest BCUT2D eigenvalue weighted by atomic mass is 9.78. The summed E-state index contributed by atoms with van der Waals surface area (Å²) in [6.07, 6.45) is 4.91. The van der Waals surface area contributed by atoms with Crippen molar-refractivity contribution in [2.75, 3.05) is 13.2 Å². The van der Waals surface area contributed by atoms with Crippen LogP contribution in [0.15, 0.2) is 18.2 Å². The van der Waals surface area contributed by atoms with E-state index in [0.29, 0.717) is 5.41 Å². The summed E-state index contributed by atoms with van der Waals surface area (Å²) in [5.41, 5.74) is 6.16. The largest absolute Gasteiger partial charge is 0.381 e. The van der Waals surface area contributed by atoms with E-state index in [1.165, 1.54) is 47.8 Å². The molecule has 2 aliphatic rings. The highest BCUT2D eigenvalue weighted by molar-refractivity contribution is 5.86. The van der Waals surface area contributed by atoms with Crippen LogP contribution in [0.1, 0.15) is 36.1 Å². The molecule has 1 aromatic heterocycles. The third-order valence-corrected chi connectivity index (χ3v) is 4.90. The van der Waals surface area contributed by atoms with Crippen molar-refractivity contribution >= 4 is 10.9 Å². The lowest BCUT2D eigenvalue weighted by Gasteiger charge is -2.33. The Kier molecular flexibility index (Phi) is 2.13. The minimum Gasteiger partial charge on any atom is -0.381 e. The molecule has 1 fully saturated rings. The van der Waals surface area contributed by atoms with E-state index >= 15 is 0 Å². The topological polar surface area (TPSA) is 25.0 Å². The first-order chi connectivity index (χ1) is 8.78. The second-order valence-corrected chi connectivity index (χ2v) is 5.92. The van der Waals surface area contributed by atoms with Crippen LogP contribution in [0.4, 0.5) is 0 Å². The van der Waals surface area contributed by atoms with Crippen LogP contribution in [0.25, 0.3) is 10.9 Å². The maximum absolute atomic E-state index is 5.55. The molecule has 1 N–H and O–H groups in total. The molecule has 2 heterocycles. The number of ether oxygens (including phenoxy) is 1. The first kappa shape index (κ1) is 10.6. The van der Waals surface area contributed by atoms with Crippen molar-refractivity contribution in [1.29, 1.82) is 0 Å². The molecule has 1 saturated heterocycles. The number of aromatic amines is 1. The van der Waals surface area contributed by atoms with Gasteiger partial charge in [0.15, 0.2) is 0 Å². The van der Waals surface area contributed by atoms with Crippen LogP contribution < -0.4 is 0 Å². The Bertz CT molecular complexity index is 605. The van der Waals surface area contributed by atoms with Gasteiger partial charge < -0.3 is 9.72 Å². The van der Waals surface area contributed by atoms with E-state index in [9.17, 15) is 0 Å². The van der Waals surface area contributed by atoms with E-state index in [1.54, 1.807) is 5.56 Å². The van der Waals surface area contributed by atoms with Gasteiger partial charge >= 0.3 is 0 Å². The maximum atomic E-state index is 5.55. The fraction of sp³-hybridized carbons (Fsp3) is 0.500. The highest BCUT2D eigenvalue weighted by atomic mass is 16.5. The summed E-state index contributed by atoms with van der Waals surface area (Å²) in [5.74, 6) is 0. The van der Waals surface area contributed by atoms with E-state index in [0.717, 1.165) is 13.2 Å². The lowest BCUT2D eigenvalue weighted by Crippen LogP contribution is -2.31. The second-order valence-electron chi connectivity index (χ2n) is 5.92. The molecular formula is C16H19NO. The molecule has 94 valence electrons. The quantitative estimate of drug-likeness (QED) is 0.750. The minimum absolute atomic E-state index is 0.389. The number of fused-ring (bicyclic) bond motifs is 4. The first-order valence-electron chi connectivity index (χ1n) is 6.98. The summed E-state index contributed by atoms with van der Waals surface area (Å²) in [6.45, 7) is 4.03. The Morgan fingerprint density at radius 2 is 2.00 bits per heavy atom. The van der Waals surface area contributed by atoms with Gasteiger partial charge in [-0.1, -0.05) is 11.6 Å². The Hall–Kier alpha value is -1.28. The molecule has 0 saturated carbocycles. The van der Waals surface area contributed by atoms with Gasteiger partial charge in [0.25, 0.3) is 0 Å². The van der Waals surface area contributed by atoms with Gasteiger partial charge in [-0.15, -0.1) is 0 Å². The number of rotatable bonds is 0. The molecule has 0 atom stereocenters. The fourth-order valence-corrected chi connectivity index (χ4v) is 3.83. The third kappa shape index (κ3) is 1.33. The summed E-state index contributed by atoms with van der Waals surface area (Å²) in [6, 6.07) is 6.77. The number of hydrogen-bond donors (Lipinski definition) is 1. The molecule has 0 amide bonds. The highest BCUT2D eigenvalue weighted by Crippen LogP contribution is 2.47. The van der Waals surface area contributed by atoms with E-state index in [-0.39, 0.29) is 0 Å². The summed E-state index contributed by atoms with van der Waals surface area (Å²) in [5, 5.41) is 1.45. The smallest absolute Gasteiger partial charge is 0.0475 e. The number of H-pyrrole nitrogens is 1. The Balaban J connectivity index is 1.91. The maximum Gasteiger partial charge on any atom is 0.0475 e. The number of aryl methyl sites for hydroxylation is 2. The normalized spacial score (nSPS) is 21.6. The van der Waals surface area contributed by atoms with E-state index in [4.69, 9.17) is 4.74 Å². The Labute approximate surface area is 107 Å². The van der Waals surface area contributed by atoms with Crippen molar-refractivity contribution in [2.24, 2.45) is 0 Å². The molecule has 2 nitrogen and oxygen atoms in total. The van der Waals surface area contributed by atoms with Gasteiger partial charge in [-0.25, -0.2) is 0 Å². The summed E-state index contributed by atoms with van der Waals surface area (Å²) < 4.78 is 5.55. The zero-order valence-electron chi connectivity index (χ0n) is 10.9. The first-order valence-corrected chi connectivity index (χ1v) is 6.98. The summed E-state index contributed by atoms with van der Waals surface area (Å²) in [4.78, 5) is 3.71. The number of hydrogen-bond acceptors (Lipinski definition) is 1. The van der Waals surface area contributed by atoms with Gasteiger partial charge in [-0.2, -0.15) is 0 Å².